The number of ether oxygens (including phenoxy) is 1. The van der Waals surface area contributed by atoms with Crippen molar-refractivity contribution >= 4 is 21.7 Å². The van der Waals surface area contributed by atoms with Gasteiger partial charge >= 0.3 is 0 Å². The second-order valence-electron chi connectivity index (χ2n) is 1.87. The lowest BCUT2D eigenvalue weighted by Crippen LogP contribution is -2.01. The third-order valence-electron chi connectivity index (χ3n) is 1.03. The van der Waals surface area contributed by atoms with Crippen molar-refractivity contribution in [1.29, 1.82) is 0 Å². The maximum absolute atomic E-state index is 11.0. The summed E-state index contributed by atoms with van der Waals surface area (Å²) in [6, 6.07) is 0. The van der Waals surface area contributed by atoms with E-state index in [1.165, 1.54) is 13.4 Å². The van der Waals surface area contributed by atoms with Crippen LogP contribution in [0.4, 0.5) is 0 Å². The number of halogens is 1. The van der Waals surface area contributed by atoms with E-state index in [0.29, 0.717) is 10.9 Å². The molecule has 0 saturated heterocycles. The summed E-state index contributed by atoms with van der Waals surface area (Å²) in [6.45, 7) is 1.85. The Bertz CT molecular complexity index is 183. The van der Waals surface area contributed by atoms with E-state index in [4.69, 9.17) is 4.74 Å². The van der Waals surface area contributed by atoms with Crippen LogP contribution in [0.5, 0.6) is 0 Å². The second kappa shape index (κ2) is 6.16. The van der Waals surface area contributed by atoms with Crippen LogP contribution in [0.25, 0.3) is 0 Å². The smallest absolute Gasteiger partial charge is 0.176 e. The van der Waals surface area contributed by atoms with Crippen LogP contribution in [0.2, 0.25) is 0 Å². The molecule has 0 saturated carbocycles. The van der Waals surface area contributed by atoms with E-state index in [-0.39, 0.29) is 5.78 Å². The summed E-state index contributed by atoms with van der Waals surface area (Å²) >= 11 is 3.08. The molecule has 0 aliphatic rings. The summed E-state index contributed by atoms with van der Waals surface area (Å²) in [4.78, 5) is 11.0. The topological polar surface area (TPSA) is 26.3 Å². The molecule has 11 heavy (non-hydrogen) atoms. The second-order valence-corrected chi connectivity index (χ2v) is 2.43. The van der Waals surface area contributed by atoms with Crippen molar-refractivity contribution in [2.75, 3.05) is 12.4 Å². The molecule has 0 aromatic carbocycles. The Balaban J connectivity index is 4.34. The number of rotatable bonds is 4. The van der Waals surface area contributed by atoms with E-state index in [0.717, 1.165) is 0 Å². The van der Waals surface area contributed by atoms with Gasteiger partial charge in [-0.05, 0) is 6.92 Å². The first-order valence-electron chi connectivity index (χ1n) is 3.21. The standard InChI is InChI=1S/C8H11BrO2/c1-3-4-7(6-11-2)8(10)5-9/h3-4,6H,5H2,1-2H3/b4-3-,7-6+. The van der Waals surface area contributed by atoms with Crippen molar-refractivity contribution in [2.24, 2.45) is 0 Å². The Morgan fingerprint density at radius 2 is 2.27 bits per heavy atom. The molecule has 0 bridgehead atoms. The average Bonchev–Trinajstić information content (AvgIpc) is 2.03. The number of hydrogen-bond acceptors (Lipinski definition) is 2. The summed E-state index contributed by atoms with van der Waals surface area (Å²) < 4.78 is 4.72. The zero-order valence-corrected chi connectivity index (χ0v) is 8.22. The summed E-state index contributed by atoms with van der Waals surface area (Å²) in [5.74, 6) is 0.0185. The van der Waals surface area contributed by atoms with Crippen molar-refractivity contribution in [1.82, 2.24) is 0 Å². The minimum absolute atomic E-state index is 0.0185. The Morgan fingerprint density at radius 3 is 2.64 bits per heavy atom. The molecule has 0 heterocycles. The maximum atomic E-state index is 11.0. The number of allylic oxidation sites excluding steroid dienone is 3. The van der Waals surface area contributed by atoms with Gasteiger partial charge in [0.2, 0.25) is 0 Å². The largest absolute Gasteiger partial charge is 0.504 e. The molecular weight excluding hydrogens is 208 g/mol. The normalized spacial score (nSPS) is 12.1. The molecule has 0 aliphatic carbocycles. The van der Waals surface area contributed by atoms with Crippen LogP contribution in [0, 0.1) is 0 Å². The predicted molar refractivity (Wildman–Crippen MR) is 48.7 cm³/mol. The van der Waals surface area contributed by atoms with Gasteiger partial charge in [-0.15, -0.1) is 0 Å². The Morgan fingerprint density at radius 1 is 1.64 bits per heavy atom. The van der Waals surface area contributed by atoms with E-state index in [1.54, 1.807) is 12.2 Å². The molecule has 0 aliphatic heterocycles. The first-order chi connectivity index (χ1) is 5.26. The van der Waals surface area contributed by atoms with Crippen LogP contribution in [-0.2, 0) is 9.53 Å². The van der Waals surface area contributed by atoms with Crippen molar-refractivity contribution in [3.63, 3.8) is 0 Å². The van der Waals surface area contributed by atoms with Gasteiger partial charge in [0, 0.05) is 0 Å². The number of ketones is 1. The lowest BCUT2D eigenvalue weighted by atomic mass is 10.2. The summed E-state index contributed by atoms with van der Waals surface area (Å²) in [7, 11) is 1.52. The van der Waals surface area contributed by atoms with Gasteiger partial charge in [0.1, 0.15) is 0 Å². The van der Waals surface area contributed by atoms with Crippen molar-refractivity contribution < 1.29 is 9.53 Å². The predicted octanol–water partition coefficient (Wildman–Crippen LogP) is 2.06. The van der Waals surface area contributed by atoms with Gasteiger partial charge in [0.15, 0.2) is 5.78 Å². The highest BCUT2D eigenvalue weighted by molar-refractivity contribution is 9.09. The minimum atomic E-state index is 0.0185. The van der Waals surface area contributed by atoms with E-state index >= 15 is 0 Å². The quantitative estimate of drug-likeness (QED) is 0.313. The van der Waals surface area contributed by atoms with Gasteiger partial charge in [-0.2, -0.15) is 0 Å². The third kappa shape index (κ3) is 3.98. The molecule has 0 fully saturated rings. The number of carbonyl (C=O) groups excluding carboxylic acids is 1. The Labute approximate surface area is 75.1 Å². The summed E-state index contributed by atoms with van der Waals surface area (Å²) in [5.41, 5.74) is 0.576. The molecule has 0 atom stereocenters. The molecule has 0 unspecified atom stereocenters. The van der Waals surface area contributed by atoms with Crippen molar-refractivity contribution in [2.45, 2.75) is 6.92 Å². The van der Waals surface area contributed by atoms with Crippen LogP contribution in [0.15, 0.2) is 24.0 Å². The van der Waals surface area contributed by atoms with Crippen LogP contribution in [0.1, 0.15) is 6.92 Å². The van der Waals surface area contributed by atoms with Gasteiger partial charge in [-0.1, -0.05) is 28.1 Å². The molecule has 0 spiro atoms. The van der Waals surface area contributed by atoms with Gasteiger partial charge in [-0.3, -0.25) is 4.79 Å². The SMILES string of the molecule is C/C=C\C(=C/OC)C(=O)CBr. The zero-order chi connectivity index (χ0) is 8.69. The van der Waals surface area contributed by atoms with E-state index in [9.17, 15) is 4.79 Å². The molecular formula is C8H11BrO2. The number of methoxy groups -OCH3 is 1. The monoisotopic (exact) mass is 218 g/mol. The molecule has 0 N–H and O–H groups in total. The number of hydrogen-bond donors (Lipinski definition) is 0. The fourth-order valence-electron chi connectivity index (χ4n) is 0.582. The number of Topliss-reactive ketones (excluding diaryl/α,β-unsaturated/α-hetero) is 1. The minimum Gasteiger partial charge on any atom is -0.504 e. The molecule has 0 rings (SSSR count). The van der Waals surface area contributed by atoms with Gasteiger partial charge in [0.25, 0.3) is 0 Å². The fraction of sp³-hybridized carbons (Fsp3) is 0.375. The summed E-state index contributed by atoms with van der Waals surface area (Å²) in [6.07, 6.45) is 4.95. The van der Waals surface area contributed by atoms with E-state index in [2.05, 4.69) is 15.9 Å². The first-order valence-corrected chi connectivity index (χ1v) is 4.33. The molecule has 3 heteroatoms. The Kier molecular flexibility index (Phi) is 5.84. The summed E-state index contributed by atoms with van der Waals surface area (Å²) in [5, 5.41) is 0.326. The lowest BCUT2D eigenvalue weighted by molar-refractivity contribution is -0.112. The Hall–Kier alpha value is -0.570. The van der Waals surface area contributed by atoms with Crippen LogP contribution in [-0.4, -0.2) is 18.2 Å². The average molecular weight is 219 g/mol. The molecule has 0 radical (unpaired) electrons. The third-order valence-corrected chi connectivity index (χ3v) is 1.54. The van der Waals surface area contributed by atoms with Crippen LogP contribution in [0.3, 0.4) is 0 Å². The van der Waals surface area contributed by atoms with E-state index < -0.39 is 0 Å². The maximum Gasteiger partial charge on any atom is 0.176 e. The molecule has 0 amide bonds. The highest BCUT2D eigenvalue weighted by Gasteiger charge is 2.02. The molecule has 62 valence electrons. The van der Waals surface area contributed by atoms with Gasteiger partial charge < -0.3 is 4.74 Å². The molecule has 2 nitrogen and oxygen atoms in total. The molecule has 0 aromatic heterocycles. The number of carbonyl (C=O) groups is 1. The molecule has 0 aromatic rings. The highest BCUT2D eigenvalue weighted by Crippen LogP contribution is 2.01. The fourth-order valence-corrected chi connectivity index (χ4v) is 0.905. The van der Waals surface area contributed by atoms with E-state index in [1.807, 2.05) is 6.92 Å². The van der Waals surface area contributed by atoms with Crippen LogP contribution < -0.4 is 0 Å². The highest BCUT2D eigenvalue weighted by atomic mass is 79.9. The first kappa shape index (κ1) is 10.4. The lowest BCUT2D eigenvalue weighted by Gasteiger charge is -1.96. The van der Waals surface area contributed by atoms with Gasteiger partial charge in [-0.25, -0.2) is 0 Å². The van der Waals surface area contributed by atoms with Crippen molar-refractivity contribution in [3.05, 3.63) is 24.0 Å². The van der Waals surface area contributed by atoms with Gasteiger partial charge in [0.05, 0.1) is 24.3 Å². The van der Waals surface area contributed by atoms with Crippen molar-refractivity contribution in [3.8, 4) is 0 Å². The zero-order valence-electron chi connectivity index (χ0n) is 6.63. The number of alkyl halides is 1. The van der Waals surface area contributed by atoms with Crippen LogP contribution >= 0.6 is 15.9 Å².